The minimum atomic E-state index is -1.47. The van der Waals surface area contributed by atoms with Crippen molar-refractivity contribution in [1.82, 2.24) is 0 Å². The number of fused-ring (bicyclic) bond motifs is 1. The van der Waals surface area contributed by atoms with Gasteiger partial charge in [0.15, 0.2) is 5.41 Å². The molecule has 4 nitrogen and oxygen atoms in total. The van der Waals surface area contributed by atoms with E-state index in [-0.39, 0.29) is 5.92 Å². The van der Waals surface area contributed by atoms with E-state index in [0.29, 0.717) is 12.3 Å². The highest BCUT2D eigenvalue weighted by Crippen LogP contribution is 2.55. The Balaban J connectivity index is 2.36. The molecule has 0 bridgehead atoms. The van der Waals surface area contributed by atoms with Crippen LogP contribution in [0.2, 0.25) is 0 Å². The molecule has 2 N–H and O–H groups in total. The second kappa shape index (κ2) is 2.97. The summed E-state index contributed by atoms with van der Waals surface area (Å²) in [7, 11) is 0. The molecule has 2 saturated carbocycles. The smallest absolute Gasteiger partial charge is 0.321 e. The van der Waals surface area contributed by atoms with Gasteiger partial charge in [-0.15, -0.1) is 0 Å². The maximum atomic E-state index is 11.1. The first-order chi connectivity index (χ1) is 6.59. The van der Waals surface area contributed by atoms with Crippen molar-refractivity contribution in [1.29, 1.82) is 0 Å². The molecular formula is C10H14O4. The predicted molar refractivity (Wildman–Crippen MR) is 47.8 cm³/mol. The van der Waals surface area contributed by atoms with Gasteiger partial charge in [0.1, 0.15) is 0 Å². The van der Waals surface area contributed by atoms with Crippen molar-refractivity contribution < 1.29 is 19.8 Å². The lowest BCUT2D eigenvalue weighted by Crippen LogP contribution is -2.42. The Hall–Kier alpha value is -1.06. The van der Waals surface area contributed by atoms with Crippen molar-refractivity contribution in [2.45, 2.75) is 32.1 Å². The Bertz CT molecular complexity index is 270. The van der Waals surface area contributed by atoms with E-state index in [9.17, 15) is 9.59 Å². The molecule has 14 heavy (non-hydrogen) atoms. The number of carboxylic acid groups (broad SMARTS) is 2. The fraction of sp³-hybridized carbons (Fsp3) is 0.800. The molecule has 0 spiro atoms. The zero-order valence-electron chi connectivity index (χ0n) is 7.90. The predicted octanol–water partition coefficient (Wildman–Crippen LogP) is 1.35. The second-order valence-electron chi connectivity index (χ2n) is 4.42. The standard InChI is InChI=1S/C10H14O4/c11-8(12)10(9(13)14)5-4-6-2-1-3-7(6)10/h6-7H,1-5H2,(H,11,12)(H,13,14). The molecule has 0 aromatic carbocycles. The van der Waals surface area contributed by atoms with Crippen molar-refractivity contribution >= 4 is 11.9 Å². The third-order valence-electron chi connectivity index (χ3n) is 3.96. The third-order valence-corrected chi connectivity index (χ3v) is 3.96. The number of aliphatic carboxylic acids is 2. The molecule has 2 rings (SSSR count). The summed E-state index contributed by atoms with van der Waals surface area (Å²) in [5.74, 6) is -2.07. The molecule has 0 aromatic heterocycles. The molecule has 0 heterocycles. The first kappa shape index (κ1) is 9.49. The van der Waals surface area contributed by atoms with Gasteiger partial charge in [-0.3, -0.25) is 9.59 Å². The zero-order valence-corrected chi connectivity index (χ0v) is 7.90. The van der Waals surface area contributed by atoms with E-state index in [0.717, 1.165) is 25.7 Å². The Labute approximate surface area is 81.9 Å². The number of hydrogen-bond acceptors (Lipinski definition) is 2. The minimum absolute atomic E-state index is 0.127. The summed E-state index contributed by atoms with van der Waals surface area (Å²) in [5, 5.41) is 18.2. The van der Waals surface area contributed by atoms with Crippen LogP contribution in [0.15, 0.2) is 0 Å². The quantitative estimate of drug-likeness (QED) is 0.657. The first-order valence-corrected chi connectivity index (χ1v) is 5.06. The van der Waals surface area contributed by atoms with Crippen LogP contribution in [0.25, 0.3) is 0 Å². The molecule has 0 radical (unpaired) electrons. The Morgan fingerprint density at radius 2 is 1.71 bits per heavy atom. The van der Waals surface area contributed by atoms with Crippen LogP contribution in [0.4, 0.5) is 0 Å². The van der Waals surface area contributed by atoms with Gasteiger partial charge in [0.05, 0.1) is 0 Å². The Morgan fingerprint density at radius 3 is 2.29 bits per heavy atom. The van der Waals surface area contributed by atoms with Gasteiger partial charge in [-0.1, -0.05) is 12.8 Å². The molecule has 78 valence electrons. The van der Waals surface area contributed by atoms with Crippen molar-refractivity contribution in [2.24, 2.45) is 17.3 Å². The fourth-order valence-electron chi connectivity index (χ4n) is 3.25. The van der Waals surface area contributed by atoms with Gasteiger partial charge in [-0.25, -0.2) is 0 Å². The number of carboxylic acids is 2. The molecule has 2 atom stereocenters. The van der Waals surface area contributed by atoms with Crippen molar-refractivity contribution in [2.75, 3.05) is 0 Å². The van der Waals surface area contributed by atoms with E-state index in [1.54, 1.807) is 0 Å². The average Bonchev–Trinajstić information content (AvgIpc) is 2.60. The van der Waals surface area contributed by atoms with Crippen molar-refractivity contribution in [3.8, 4) is 0 Å². The van der Waals surface area contributed by atoms with Crippen LogP contribution in [0, 0.1) is 17.3 Å². The fourth-order valence-corrected chi connectivity index (χ4v) is 3.25. The van der Waals surface area contributed by atoms with Crippen LogP contribution >= 0.6 is 0 Å². The molecule has 0 aromatic rings. The molecule has 0 saturated heterocycles. The van der Waals surface area contributed by atoms with Gasteiger partial charge in [-0.2, -0.15) is 0 Å². The summed E-state index contributed by atoms with van der Waals surface area (Å²) >= 11 is 0. The number of carbonyl (C=O) groups is 2. The molecule has 2 aliphatic carbocycles. The van der Waals surface area contributed by atoms with Gasteiger partial charge in [0.2, 0.25) is 0 Å². The topological polar surface area (TPSA) is 74.6 Å². The lowest BCUT2D eigenvalue weighted by Gasteiger charge is -2.25. The van der Waals surface area contributed by atoms with E-state index >= 15 is 0 Å². The van der Waals surface area contributed by atoms with E-state index in [1.807, 2.05) is 0 Å². The van der Waals surface area contributed by atoms with Gasteiger partial charge in [0.25, 0.3) is 0 Å². The van der Waals surface area contributed by atoms with Crippen LogP contribution in [-0.2, 0) is 9.59 Å². The van der Waals surface area contributed by atoms with E-state index in [1.165, 1.54) is 0 Å². The summed E-state index contributed by atoms with van der Waals surface area (Å²) in [6.07, 6.45) is 3.84. The maximum absolute atomic E-state index is 11.1. The van der Waals surface area contributed by atoms with E-state index in [4.69, 9.17) is 10.2 Å². The van der Waals surface area contributed by atoms with E-state index in [2.05, 4.69) is 0 Å². The highest BCUT2D eigenvalue weighted by atomic mass is 16.4. The monoisotopic (exact) mass is 198 g/mol. The van der Waals surface area contributed by atoms with Gasteiger partial charge in [0, 0.05) is 0 Å². The Kier molecular flexibility index (Phi) is 2.01. The summed E-state index contributed by atoms with van der Waals surface area (Å²) in [6, 6.07) is 0. The van der Waals surface area contributed by atoms with E-state index < -0.39 is 17.4 Å². The first-order valence-electron chi connectivity index (χ1n) is 5.06. The third kappa shape index (κ3) is 0.996. The zero-order chi connectivity index (χ0) is 10.3. The molecule has 2 fully saturated rings. The molecule has 2 unspecified atom stereocenters. The summed E-state index contributed by atoms with van der Waals surface area (Å²) in [4.78, 5) is 22.3. The van der Waals surface area contributed by atoms with Gasteiger partial charge < -0.3 is 10.2 Å². The van der Waals surface area contributed by atoms with Crippen LogP contribution in [-0.4, -0.2) is 22.2 Å². The maximum Gasteiger partial charge on any atom is 0.321 e. The molecule has 0 amide bonds. The molecule has 0 aliphatic heterocycles. The second-order valence-corrected chi connectivity index (χ2v) is 4.42. The lowest BCUT2D eigenvalue weighted by atomic mass is 9.76. The van der Waals surface area contributed by atoms with Crippen LogP contribution < -0.4 is 0 Å². The van der Waals surface area contributed by atoms with Crippen LogP contribution in [0.1, 0.15) is 32.1 Å². The highest BCUT2D eigenvalue weighted by molar-refractivity contribution is 5.99. The van der Waals surface area contributed by atoms with Gasteiger partial charge >= 0.3 is 11.9 Å². The highest BCUT2D eigenvalue weighted by Gasteiger charge is 2.60. The average molecular weight is 198 g/mol. The SMILES string of the molecule is O=C(O)C1(C(=O)O)CCC2CCCC21. The number of rotatable bonds is 2. The summed E-state index contributed by atoms with van der Waals surface area (Å²) in [5.41, 5.74) is -1.47. The lowest BCUT2D eigenvalue weighted by molar-refractivity contribution is -0.168. The molecule has 2 aliphatic rings. The minimum Gasteiger partial charge on any atom is -0.480 e. The molecular weight excluding hydrogens is 184 g/mol. The number of hydrogen-bond donors (Lipinski definition) is 2. The van der Waals surface area contributed by atoms with Gasteiger partial charge in [-0.05, 0) is 31.1 Å². The summed E-state index contributed by atoms with van der Waals surface area (Å²) < 4.78 is 0. The van der Waals surface area contributed by atoms with Crippen LogP contribution in [0.3, 0.4) is 0 Å². The molecule has 4 heteroatoms. The van der Waals surface area contributed by atoms with Crippen molar-refractivity contribution in [3.05, 3.63) is 0 Å². The summed E-state index contributed by atoms with van der Waals surface area (Å²) in [6.45, 7) is 0. The normalized spacial score (nSPS) is 34.0. The largest absolute Gasteiger partial charge is 0.480 e. The Morgan fingerprint density at radius 1 is 1.07 bits per heavy atom. The van der Waals surface area contributed by atoms with Crippen molar-refractivity contribution in [3.63, 3.8) is 0 Å². The van der Waals surface area contributed by atoms with Crippen LogP contribution in [0.5, 0.6) is 0 Å².